The standard InChI is InChI=1S/C10H22O.Li.H/c1-7-10(5,6)11-8-9(2,3)4;;/h7-8H2,1-6H3;;/q;+1;-1. The van der Waals surface area contributed by atoms with Gasteiger partial charge < -0.3 is 6.16 Å². The van der Waals surface area contributed by atoms with Crippen molar-refractivity contribution in [1.82, 2.24) is 0 Å². The molecule has 0 atom stereocenters. The van der Waals surface area contributed by atoms with Gasteiger partial charge in [0.25, 0.3) is 0 Å². The van der Waals surface area contributed by atoms with Crippen LogP contribution in [0.4, 0.5) is 0 Å². The first-order valence-electron chi connectivity index (χ1n) is 4.41. The molecule has 0 aliphatic carbocycles. The van der Waals surface area contributed by atoms with Crippen LogP contribution in [0.25, 0.3) is 0 Å². The van der Waals surface area contributed by atoms with Crippen LogP contribution in [0.1, 0.15) is 49.4 Å². The van der Waals surface area contributed by atoms with Gasteiger partial charge in [0.15, 0.2) is 0 Å². The van der Waals surface area contributed by atoms with Gasteiger partial charge in [-0.1, -0.05) is 27.7 Å². The first-order valence-corrected chi connectivity index (χ1v) is 4.41. The SMILES string of the molecule is CCC(C)(C)OCC(C)(C)C.[H-].[Li+]. The molecule has 0 heterocycles. The summed E-state index contributed by atoms with van der Waals surface area (Å²) < 4.78 is 5.74. The van der Waals surface area contributed by atoms with Crippen molar-refractivity contribution in [2.75, 3.05) is 6.61 Å². The van der Waals surface area contributed by atoms with E-state index in [4.69, 9.17) is 4.74 Å². The topological polar surface area (TPSA) is 9.23 Å². The van der Waals surface area contributed by atoms with Gasteiger partial charge in [0.1, 0.15) is 0 Å². The van der Waals surface area contributed by atoms with Gasteiger partial charge in [-0.2, -0.15) is 0 Å². The van der Waals surface area contributed by atoms with E-state index < -0.39 is 0 Å². The minimum atomic E-state index is 0. The van der Waals surface area contributed by atoms with E-state index in [2.05, 4.69) is 41.5 Å². The average Bonchev–Trinajstić information content (AvgIpc) is 1.83. The number of rotatable bonds is 3. The molecule has 0 amide bonds. The zero-order valence-corrected chi connectivity index (χ0v) is 9.82. The van der Waals surface area contributed by atoms with Crippen LogP contribution in [0.3, 0.4) is 0 Å². The second kappa shape index (κ2) is 5.32. The Morgan fingerprint density at radius 3 is 1.75 bits per heavy atom. The third-order valence-electron chi connectivity index (χ3n) is 1.75. The minimum absolute atomic E-state index is 0. The van der Waals surface area contributed by atoms with Crippen LogP contribution in [0.2, 0.25) is 0 Å². The second-order valence-corrected chi connectivity index (χ2v) is 4.96. The Kier molecular flexibility index (Phi) is 6.67. The summed E-state index contributed by atoms with van der Waals surface area (Å²) in [4.78, 5) is 0. The molecule has 2 heteroatoms. The summed E-state index contributed by atoms with van der Waals surface area (Å²) in [6, 6.07) is 0. The molecule has 0 aliphatic heterocycles. The fourth-order valence-corrected chi connectivity index (χ4v) is 0.514. The first kappa shape index (κ1) is 15.0. The Morgan fingerprint density at radius 2 is 1.50 bits per heavy atom. The molecule has 0 spiro atoms. The molecule has 70 valence electrons. The van der Waals surface area contributed by atoms with Gasteiger partial charge in [0.05, 0.1) is 12.2 Å². The molecule has 0 aliphatic rings. The van der Waals surface area contributed by atoms with Crippen molar-refractivity contribution in [3.63, 3.8) is 0 Å². The van der Waals surface area contributed by atoms with E-state index in [-0.39, 0.29) is 31.3 Å². The zero-order chi connectivity index (χ0) is 9.12. The van der Waals surface area contributed by atoms with E-state index in [1.165, 1.54) is 0 Å². The molecule has 0 radical (unpaired) electrons. The molecular weight excluding hydrogens is 143 g/mol. The number of hydrogen-bond donors (Lipinski definition) is 0. The third kappa shape index (κ3) is 8.65. The van der Waals surface area contributed by atoms with Gasteiger partial charge in [0.2, 0.25) is 0 Å². The smallest absolute Gasteiger partial charge is 1.00 e. The maximum Gasteiger partial charge on any atom is 1.00 e. The number of hydrogen-bond acceptors (Lipinski definition) is 1. The zero-order valence-electron chi connectivity index (χ0n) is 10.8. The van der Waals surface area contributed by atoms with E-state index in [9.17, 15) is 0 Å². The molecule has 0 N–H and O–H groups in total. The summed E-state index contributed by atoms with van der Waals surface area (Å²) in [7, 11) is 0. The molecule has 12 heavy (non-hydrogen) atoms. The van der Waals surface area contributed by atoms with Crippen molar-refractivity contribution < 1.29 is 25.0 Å². The summed E-state index contributed by atoms with van der Waals surface area (Å²) in [5.74, 6) is 0. The summed E-state index contributed by atoms with van der Waals surface area (Å²) in [6.07, 6.45) is 1.07. The van der Waals surface area contributed by atoms with Crippen molar-refractivity contribution in [3.05, 3.63) is 0 Å². The van der Waals surface area contributed by atoms with Crippen LogP contribution in [-0.2, 0) is 4.74 Å². The monoisotopic (exact) mass is 166 g/mol. The van der Waals surface area contributed by atoms with Gasteiger partial charge in [-0.15, -0.1) is 0 Å². The van der Waals surface area contributed by atoms with Crippen LogP contribution in [-0.4, -0.2) is 12.2 Å². The largest absolute Gasteiger partial charge is 1.00 e. The molecular formula is C10H23LiO. The minimum Gasteiger partial charge on any atom is -1.00 e. The molecule has 0 aromatic heterocycles. The molecule has 0 saturated carbocycles. The maximum atomic E-state index is 5.74. The summed E-state index contributed by atoms with van der Waals surface area (Å²) in [5.41, 5.74) is 0.333. The van der Waals surface area contributed by atoms with E-state index in [1.54, 1.807) is 0 Å². The fourth-order valence-electron chi connectivity index (χ4n) is 0.514. The Morgan fingerprint density at radius 1 is 1.08 bits per heavy atom. The molecule has 0 unspecified atom stereocenters. The molecule has 0 aromatic carbocycles. The van der Waals surface area contributed by atoms with Crippen molar-refractivity contribution in [1.29, 1.82) is 0 Å². The summed E-state index contributed by atoms with van der Waals surface area (Å²) in [5, 5.41) is 0. The quantitative estimate of drug-likeness (QED) is 0.550. The van der Waals surface area contributed by atoms with E-state index in [0.717, 1.165) is 13.0 Å². The van der Waals surface area contributed by atoms with Crippen LogP contribution < -0.4 is 18.9 Å². The van der Waals surface area contributed by atoms with Gasteiger partial charge in [0, 0.05) is 0 Å². The fraction of sp³-hybridized carbons (Fsp3) is 1.00. The van der Waals surface area contributed by atoms with Gasteiger partial charge in [-0.3, -0.25) is 0 Å². The van der Waals surface area contributed by atoms with Crippen LogP contribution >= 0.6 is 0 Å². The predicted molar refractivity (Wildman–Crippen MR) is 50.9 cm³/mol. The van der Waals surface area contributed by atoms with Crippen LogP contribution in [0.15, 0.2) is 0 Å². The average molecular weight is 166 g/mol. The van der Waals surface area contributed by atoms with Crippen LogP contribution in [0, 0.1) is 5.41 Å². The molecule has 0 fully saturated rings. The Bertz CT molecular complexity index is 119. The normalized spacial score (nSPS) is 12.5. The molecule has 0 bridgehead atoms. The van der Waals surface area contributed by atoms with Gasteiger partial charge >= 0.3 is 18.9 Å². The van der Waals surface area contributed by atoms with E-state index >= 15 is 0 Å². The maximum absolute atomic E-state index is 5.74. The molecule has 0 aromatic rings. The Hall–Kier alpha value is 0.557. The second-order valence-electron chi connectivity index (χ2n) is 4.96. The van der Waals surface area contributed by atoms with Gasteiger partial charge in [-0.05, 0) is 25.7 Å². The first-order chi connectivity index (χ1) is 4.77. The van der Waals surface area contributed by atoms with Gasteiger partial charge in [-0.25, -0.2) is 0 Å². The van der Waals surface area contributed by atoms with Crippen LogP contribution in [0.5, 0.6) is 0 Å². The van der Waals surface area contributed by atoms with Crippen molar-refractivity contribution >= 4 is 0 Å². The predicted octanol–water partition coefficient (Wildman–Crippen LogP) is 0.354. The third-order valence-corrected chi connectivity index (χ3v) is 1.75. The Labute approximate surface area is 90.9 Å². The molecule has 1 nitrogen and oxygen atoms in total. The summed E-state index contributed by atoms with van der Waals surface area (Å²) >= 11 is 0. The van der Waals surface area contributed by atoms with Crippen molar-refractivity contribution in [2.45, 2.75) is 53.6 Å². The van der Waals surface area contributed by atoms with Crippen molar-refractivity contribution in [2.24, 2.45) is 5.41 Å². The summed E-state index contributed by atoms with van der Waals surface area (Å²) in [6.45, 7) is 13.9. The molecule has 0 saturated heterocycles. The Balaban J connectivity index is -0.000000500. The number of ether oxygens (including phenoxy) is 1. The van der Waals surface area contributed by atoms with E-state index in [0.29, 0.717) is 0 Å². The van der Waals surface area contributed by atoms with E-state index in [1.807, 2.05) is 0 Å². The van der Waals surface area contributed by atoms with Crippen molar-refractivity contribution in [3.8, 4) is 0 Å². The molecule has 0 rings (SSSR count).